The lowest BCUT2D eigenvalue weighted by Gasteiger charge is -2.27. The second-order valence-corrected chi connectivity index (χ2v) is 7.69. The Morgan fingerprint density at radius 1 is 1.05 bits per heavy atom. The van der Waals surface area contributed by atoms with E-state index in [0.717, 1.165) is 5.92 Å². The highest BCUT2D eigenvalue weighted by atomic mass is 32.1. The van der Waals surface area contributed by atoms with E-state index in [4.69, 9.17) is 0 Å². The standard InChI is InChI=1S/C16H21NS2/c1-11(2)15(13-5-3-9-18-13)17-16(12-7-8-12)14-6-4-10-19-14/h3-6,9-12,15-17H,7-8H2,1-2H3. The van der Waals surface area contributed by atoms with E-state index in [9.17, 15) is 0 Å². The van der Waals surface area contributed by atoms with Gasteiger partial charge < -0.3 is 5.32 Å². The Hall–Kier alpha value is -0.640. The van der Waals surface area contributed by atoms with Crippen LogP contribution in [0.4, 0.5) is 0 Å². The molecule has 19 heavy (non-hydrogen) atoms. The molecule has 102 valence electrons. The van der Waals surface area contributed by atoms with Gasteiger partial charge in [-0.2, -0.15) is 0 Å². The minimum absolute atomic E-state index is 0.479. The lowest BCUT2D eigenvalue weighted by atomic mass is 10.00. The molecule has 0 aliphatic heterocycles. The van der Waals surface area contributed by atoms with Crippen LogP contribution >= 0.6 is 22.7 Å². The molecular formula is C16H21NS2. The summed E-state index contributed by atoms with van der Waals surface area (Å²) in [6.07, 6.45) is 2.76. The van der Waals surface area contributed by atoms with E-state index in [2.05, 4.69) is 54.2 Å². The van der Waals surface area contributed by atoms with Crippen molar-refractivity contribution in [2.45, 2.75) is 38.8 Å². The molecule has 0 spiro atoms. The average molecular weight is 291 g/mol. The van der Waals surface area contributed by atoms with Crippen LogP contribution in [0.2, 0.25) is 0 Å². The first-order chi connectivity index (χ1) is 9.25. The molecule has 2 atom stereocenters. The summed E-state index contributed by atoms with van der Waals surface area (Å²) in [4.78, 5) is 2.97. The number of nitrogens with one attached hydrogen (secondary N) is 1. The number of hydrogen-bond donors (Lipinski definition) is 1. The zero-order valence-electron chi connectivity index (χ0n) is 11.5. The molecule has 0 radical (unpaired) electrons. The van der Waals surface area contributed by atoms with Crippen LogP contribution < -0.4 is 5.32 Å². The average Bonchev–Trinajstić information content (AvgIpc) is 2.90. The van der Waals surface area contributed by atoms with Crippen LogP contribution in [-0.4, -0.2) is 0 Å². The van der Waals surface area contributed by atoms with E-state index in [1.165, 1.54) is 22.6 Å². The summed E-state index contributed by atoms with van der Waals surface area (Å²) >= 11 is 3.76. The fraction of sp³-hybridized carbons (Fsp3) is 0.500. The monoisotopic (exact) mass is 291 g/mol. The second-order valence-electron chi connectivity index (χ2n) is 5.73. The van der Waals surface area contributed by atoms with Crippen molar-refractivity contribution in [2.24, 2.45) is 11.8 Å². The summed E-state index contributed by atoms with van der Waals surface area (Å²) in [6, 6.07) is 9.91. The Kier molecular flexibility index (Phi) is 4.06. The summed E-state index contributed by atoms with van der Waals surface area (Å²) in [7, 11) is 0. The van der Waals surface area contributed by atoms with E-state index in [1.807, 2.05) is 22.7 Å². The predicted octanol–water partition coefficient (Wildman–Crippen LogP) is 5.25. The maximum atomic E-state index is 3.94. The van der Waals surface area contributed by atoms with Crippen molar-refractivity contribution in [2.75, 3.05) is 0 Å². The molecule has 2 heterocycles. The van der Waals surface area contributed by atoms with E-state index in [1.54, 1.807) is 0 Å². The van der Waals surface area contributed by atoms with Crippen LogP contribution in [0.3, 0.4) is 0 Å². The molecular weight excluding hydrogens is 270 g/mol. The molecule has 1 aliphatic carbocycles. The molecule has 1 nitrogen and oxygen atoms in total. The van der Waals surface area contributed by atoms with Crippen molar-refractivity contribution >= 4 is 22.7 Å². The number of rotatable bonds is 6. The Morgan fingerprint density at radius 3 is 2.16 bits per heavy atom. The summed E-state index contributed by atoms with van der Waals surface area (Å²) in [5.41, 5.74) is 0. The molecule has 1 aliphatic rings. The van der Waals surface area contributed by atoms with Gasteiger partial charge in [-0.15, -0.1) is 22.7 Å². The molecule has 1 saturated carbocycles. The minimum Gasteiger partial charge on any atom is -0.301 e. The van der Waals surface area contributed by atoms with Gasteiger partial charge >= 0.3 is 0 Å². The molecule has 2 aromatic rings. The Bertz CT molecular complexity index is 445. The number of hydrogen-bond acceptors (Lipinski definition) is 3. The van der Waals surface area contributed by atoms with Gasteiger partial charge in [-0.05, 0) is 47.6 Å². The van der Waals surface area contributed by atoms with Crippen molar-refractivity contribution in [1.29, 1.82) is 0 Å². The third-order valence-electron chi connectivity index (χ3n) is 3.82. The summed E-state index contributed by atoms with van der Waals surface area (Å²) in [5.74, 6) is 1.47. The zero-order valence-corrected chi connectivity index (χ0v) is 13.1. The highest BCUT2D eigenvalue weighted by molar-refractivity contribution is 7.10. The molecule has 0 aromatic carbocycles. The van der Waals surface area contributed by atoms with Crippen LogP contribution in [0.1, 0.15) is 48.5 Å². The van der Waals surface area contributed by atoms with E-state index in [-0.39, 0.29) is 0 Å². The molecule has 3 rings (SSSR count). The summed E-state index contributed by atoms with van der Waals surface area (Å²) < 4.78 is 0. The zero-order chi connectivity index (χ0) is 13.2. The third kappa shape index (κ3) is 3.10. The van der Waals surface area contributed by atoms with Crippen molar-refractivity contribution in [3.8, 4) is 0 Å². The van der Waals surface area contributed by atoms with Crippen LogP contribution in [0.25, 0.3) is 0 Å². The van der Waals surface area contributed by atoms with Crippen LogP contribution in [0.15, 0.2) is 35.0 Å². The predicted molar refractivity (Wildman–Crippen MR) is 84.8 cm³/mol. The third-order valence-corrected chi connectivity index (χ3v) is 5.73. The lowest BCUT2D eigenvalue weighted by molar-refractivity contribution is 0.349. The lowest BCUT2D eigenvalue weighted by Crippen LogP contribution is -2.30. The van der Waals surface area contributed by atoms with Gasteiger partial charge in [0.1, 0.15) is 0 Å². The van der Waals surface area contributed by atoms with Gasteiger partial charge in [0.2, 0.25) is 0 Å². The van der Waals surface area contributed by atoms with Crippen molar-refractivity contribution in [3.05, 3.63) is 44.8 Å². The van der Waals surface area contributed by atoms with Crippen molar-refractivity contribution in [3.63, 3.8) is 0 Å². The molecule has 0 amide bonds. The largest absolute Gasteiger partial charge is 0.301 e. The first-order valence-corrected chi connectivity index (χ1v) is 8.84. The Labute approximate surface area is 123 Å². The van der Waals surface area contributed by atoms with Gasteiger partial charge in [-0.25, -0.2) is 0 Å². The van der Waals surface area contributed by atoms with Crippen LogP contribution in [0, 0.1) is 11.8 Å². The number of thiophene rings is 2. The molecule has 2 aromatic heterocycles. The van der Waals surface area contributed by atoms with Crippen molar-refractivity contribution in [1.82, 2.24) is 5.32 Å². The highest BCUT2D eigenvalue weighted by Gasteiger charge is 2.35. The van der Waals surface area contributed by atoms with E-state index >= 15 is 0 Å². The summed E-state index contributed by atoms with van der Waals surface area (Å²) in [6.45, 7) is 4.63. The van der Waals surface area contributed by atoms with E-state index < -0.39 is 0 Å². The topological polar surface area (TPSA) is 12.0 Å². The quantitative estimate of drug-likeness (QED) is 0.766. The van der Waals surface area contributed by atoms with Gasteiger partial charge in [0.25, 0.3) is 0 Å². The van der Waals surface area contributed by atoms with Gasteiger partial charge in [-0.1, -0.05) is 26.0 Å². The molecule has 0 saturated heterocycles. The van der Waals surface area contributed by atoms with Gasteiger partial charge in [0.05, 0.1) is 0 Å². The second kappa shape index (κ2) is 5.78. The SMILES string of the molecule is CC(C)C(NC(c1cccs1)C1CC1)c1cccs1. The molecule has 0 bridgehead atoms. The van der Waals surface area contributed by atoms with Gasteiger partial charge in [0, 0.05) is 21.8 Å². The van der Waals surface area contributed by atoms with Gasteiger partial charge in [-0.3, -0.25) is 0 Å². The minimum atomic E-state index is 0.479. The molecule has 3 heteroatoms. The fourth-order valence-electron chi connectivity index (χ4n) is 2.61. The maximum absolute atomic E-state index is 3.94. The van der Waals surface area contributed by atoms with Crippen LogP contribution in [-0.2, 0) is 0 Å². The van der Waals surface area contributed by atoms with Crippen molar-refractivity contribution < 1.29 is 0 Å². The smallest absolute Gasteiger partial charge is 0.0448 e. The fourth-order valence-corrected chi connectivity index (χ4v) is 4.45. The Balaban J connectivity index is 1.80. The normalized spacial score (nSPS) is 18.7. The highest BCUT2D eigenvalue weighted by Crippen LogP contribution is 2.44. The van der Waals surface area contributed by atoms with E-state index in [0.29, 0.717) is 18.0 Å². The molecule has 1 fully saturated rings. The first kappa shape index (κ1) is 13.3. The molecule has 1 N–H and O–H groups in total. The van der Waals surface area contributed by atoms with Crippen LogP contribution in [0.5, 0.6) is 0 Å². The summed E-state index contributed by atoms with van der Waals surface area (Å²) in [5, 5.41) is 8.32. The Morgan fingerprint density at radius 2 is 1.68 bits per heavy atom. The first-order valence-electron chi connectivity index (χ1n) is 7.08. The van der Waals surface area contributed by atoms with Gasteiger partial charge in [0.15, 0.2) is 0 Å². The molecule has 2 unspecified atom stereocenters. The maximum Gasteiger partial charge on any atom is 0.0448 e.